The fraction of sp³-hybridized carbons (Fsp3) is 0.440. The number of guanidine groups is 1. The molecule has 1 aliphatic heterocycles. The number of aliphatic hydroxyl groups is 1. The lowest BCUT2D eigenvalue weighted by Crippen LogP contribution is -2.46. The summed E-state index contributed by atoms with van der Waals surface area (Å²) < 4.78 is 17.0. The Morgan fingerprint density at radius 1 is 1.18 bits per heavy atom. The number of ether oxygens (including phenoxy) is 3. The van der Waals surface area contributed by atoms with Crippen molar-refractivity contribution in [1.29, 1.82) is 0 Å². The van der Waals surface area contributed by atoms with Crippen LogP contribution >= 0.6 is 0 Å². The zero-order chi connectivity index (χ0) is 24.5. The molecule has 0 radical (unpaired) electrons. The molecule has 4 rings (SSSR count). The van der Waals surface area contributed by atoms with Gasteiger partial charge in [0.1, 0.15) is 12.4 Å². The third kappa shape index (κ3) is 4.34. The van der Waals surface area contributed by atoms with Gasteiger partial charge in [0.2, 0.25) is 0 Å². The number of hydrogen-bond acceptors (Lipinski definition) is 6. The number of aliphatic imine (C=N–C) groups is 1. The van der Waals surface area contributed by atoms with Crippen LogP contribution in [0.4, 0.5) is 0 Å². The number of fused-ring (bicyclic) bond motifs is 2. The number of carbonyl (C=O) groups is 1. The highest BCUT2D eigenvalue weighted by Crippen LogP contribution is 2.46. The van der Waals surface area contributed by atoms with Gasteiger partial charge in [0.15, 0.2) is 5.96 Å². The molecular weight excluding hydrogens is 436 g/mol. The van der Waals surface area contributed by atoms with Gasteiger partial charge >= 0.3 is 0 Å². The minimum atomic E-state index is -1.09. The van der Waals surface area contributed by atoms with Crippen LogP contribution in [-0.2, 0) is 15.9 Å². The first-order valence-corrected chi connectivity index (χ1v) is 11.2. The summed E-state index contributed by atoms with van der Waals surface area (Å²) in [4.78, 5) is 17.8. The van der Waals surface area contributed by atoms with E-state index >= 15 is 0 Å². The third-order valence-electron chi connectivity index (χ3n) is 6.62. The molecule has 1 amide bonds. The monoisotopic (exact) mass is 468 g/mol. The number of rotatable bonds is 7. The molecule has 3 atom stereocenters. The maximum Gasteiger partial charge on any atom is 0.251 e. The van der Waals surface area contributed by atoms with Crippen LogP contribution in [0, 0.1) is 5.41 Å². The lowest BCUT2D eigenvalue weighted by Gasteiger charge is -2.41. The molecule has 0 spiro atoms. The molecule has 6 N–H and O–H groups in total. The van der Waals surface area contributed by atoms with E-state index in [2.05, 4.69) is 10.3 Å². The zero-order valence-corrected chi connectivity index (χ0v) is 19.7. The number of carbonyl (C=O) groups excluding carboxylic acids is 1. The minimum Gasteiger partial charge on any atom is -0.492 e. The van der Waals surface area contributed by atoms with Gasteiger partial charge in [0.25, 0.3) is 5.91 Å². The van der Waals surface area contributed by atoms with Crippen LogP contribution in [0.5, 0.6) is 5.75 Å². The van der Waals surface area contributed by atoms with Crippen LogP contribution in [0.15, 0.2) is 47.5 Å². The Kier molecular flexibility index (Phi) is 6.53. The number of nitrogens with two attached hydrogens (primary N) is 2. The average Bonchev–Trinajstić information content (AvgIpc) is 3.05. The molecule has 1 aliphatic carbocycles. The van der Waals surface area contributed by atoms with E-state index in [1.165, 1.54) is 0 Å². The second-order valence-corrected chi connectivity index (χ2v) is 9.37. The number of hydrogen-bond donors (Lipinski definition) is 4. The predicted molar refractivity (Wildman–Crippen MR) is 128 cm³/mol. The van der Waals surface area contributed by atoms with Gasteiger partial charge in [-0.25, -0.2) is 4.99 Å². The molecular formula is C25H32N4O5. The summed E-state index contributed by atoms with van der Waals surface area (Å²) in [5, 5.41) is 14.0. The van der Waals surface area contributed by atoms with Crippen molar-refractivity contribution >= 4 is 11.9 Å². The Morgan fingerprint density at radius 2 is 1.88 bits per heavy atom. The fourth-order valence-electron chi connectivity index (χ4n) is 5.13. The van der Waals surface area contributed by atoms with Gasteiger partial charge in [0.05, 0.1) is 36.3 Å². The largest absolute Gasteiger partial charge is 0.492 e. The van der Waals surface area contributed by atoms with Crippen molar-refractivity contribution in [3.05, 3.63) is 64.7 Å². The summed E-state index contributed by atoms with van der Waals surface area (Å²) in [6.07, 6.45) is 0.468. The molecule has 0 saturated carbocycles. The normalized spacial score (nSPS) is 24.5. The fourth-order valence-corrected chi connectivity index (χ4v) is 5.13. The van der Waals surface area contributed by atoms with Gasteiger partial charge in [-0.1, -0.05) is 24.3 Å². The molecule has 2 aromatic carbocycles. The number of nitrogens with zero attached hydrogens (tertiary/aromatic N) is 1. The van der Waals surface area contributed by atoms with Crippen LogP contribution in [0.3, 0.4) is 0 Å². The van der Waals surface area contributed by atoms with Crippen LogP contribution in [0.1, 0.15) is 46.1 Å². The molecule has 0 aromatic heterocycles. The molecule has 9 heteroatoms. The summed E-state index contributed by atoms with van der Waals surface area (Å²) in [6.45, 7) is 2.60. The van der Waals surface area contributed by atoms with Crippen LogP contribution < -0.4 is 21.5 Å². The molecule has 0 fully saturated rings. The second-order valence-electron chi connectivity index (χ2n) is 9.37. The van der Waals surface area contributed by atoms with Gasteiger partial charge in [-0.2, -0.15) is 0 Å². The van der Waals surface area contributed by atoms with Crippen molar-refractivity contribution in [1.82, 2.24) is 5.32 Å². The first-order valence-electron chi connectivity index (χ1n) is 11.2. The van der Waals surface area contributed by atoms with Gasteiger partial charge in [0, 0.05) is 31.8 Å². The molecule has 0 bridgehead atoms. The lowest BCUT2D eigenvalue weighted by atomic mass is 9.76. The Bertz CT molecular complexity index is 1090. The van der Waals surface area contributed by atoms with E-state index in [9.17, 15) is 9.90 Å². The summed E-state index contributed by atoms with van der Waals surface area (Å²) in [7, 11) is 3.18. The van der Waals surface area contributed by atoms with Crippen LogP contribution in [0.25, 0.3) is 0 Å². The van der Waals surface area contributed by atoms with Crippen molar-refractivity contribution in [2.24, 2.45) is 21.9 Å². The van der Waals surface area contributed by atoms with E-state index in [1.807, 2.05) is 24.3 Å². The maximum atomic E-state index is 13.3. The Balaban J connectivity index is 1.69. The summed E-state index contributed by atoms with van der Waals surface area (Å²) >= 11 is 0. The highest BCUT2D eigenvalue weighted by Gasteiger charge is 2.46. The Morgan fingerprint density at radius 3 is 2.56 bits per heavy atom. The van der Waals surface area contributed by atoms with Crippen LogP contribution in [0.2, 0.25) is 0 Å². The number of methoxy groups -OCH3 is 2. The third-order valence-corrected chi connectivity index (χ3v) is 6.62. The van der Waals surface area contributed by atoms with Gasteiger partial charge in [-0.05, 0) is 36.2 Å². The SMILES string of the molecule is COCC1(COC)COc2ccc(C(=O)N[C@@H]3c4ccccc4C[C@@]3(C)O)cc2C1N=C(N)N. The van der Waals surface area contributed by atoms with E-state index < -0.39 is 23.1 Å². The summed E-state index contributed by atoms with van der Waals surface area (Å²) in [5.74, 6) is 0.193. The van der Waals surface area contributed by atoms with Crippen molar-refractivity contribution in [2.75, 3.05) is 34.0 Å². The number of nitrogens with one attached hydrogen (secondary N) is 1. The Hall–Kier alpha value is -3.14. The second kappa shape index (κ2) is 9.25. The smallest absolute Gasteiger partial charge is 0.251 e. The molecule has 2 aromatic rings. The highest BCUT2D eigenvalue weighted by atomic mass is 16.5. The van der Waals surface area contributed by atoms with Gasteiger partial charge in [-0.15, -0.1) is 0 Å². The molecule has 1 unspecified atom stereocenters. The topological polar surface area (TPSA) is 141 Å². The average molecular weight is 469 g/mol. The number of amides is 1. The van der Waals surface area contributed by atoms with Gasteiger partial charge in [-0.3, -0.25) is 4.79 Å². The van der Waals surface area contributed by atoms with Crippen LogP contribution in [-0.4, -0.2) is 56.6 Å². The standard InChI is InChI=1S/C25H32N4O5/c1-24(31)11-16-6-4-5-7-17(16)20(24)28-22(30)15-8-9-19-18(10-15)21(29-23(26)27)25(12-32-2,13-33-3)14-34-19/h4-10,20-21,31H,11-14H2,1-3H3,(H,28,30)(H4,26,27,29)/t20-,21?,24-/m1/s1. The Labute approximate surface area is 199 Å². The zero-order valence-electron chi connectivity index (χ0n) is 19.7. The first kappa shape index (κ1) is 24.0. The highest BCUT2D eigenvalue weighted by molar-refractivity contribution is 5.95. The van der Waals surface area contributed by atoms with Gasteiger partial charge < -0.3 is 36.1 Å². The molecule has 9 nitrogen and oxygen atoms in total. The van der Waals surface area contributed by atoms with E-state index in [1.54, 1.807) is 39.3 Å². The van der Waals surface area contributed by atoms with Crippen molar-refractivity contribution in [3.63, 3.8) is 0 Å². The summed E-state index contributed by atoms with van der Waals surface area (Å²) in [5.41, 5.74) is 12.8. The van der Waals surface area contributed by atoms with E-state index in [0.717, 1.165) is 11.1 Å². The van der Waals surface area contributed by atoms with Crippen molar-refractivity contribution < 1.29 is 24.1 Å². The molecule has 1 heterocycles. The molecule has 34 heavy (non-hydrogen) atoms. The predicted octanol–water partition coefficient (Wildman–Crippen LogP) is 1.45. The van der Waals surface area contributed by atoms with Crippen molar-refractivity contribution in [3.8, 4) is 5.75 Å². The first-order chi connectivity index (χ1) is 16.2. The maximum absolute atomic E-state index is 13.3. The van der Waals surface area contributed by atoms with E-state index in [4.69, 9.17) is 25.7 Å². The summed E-state index contributed by atoms with van der Waals surface area (Å²) in [6, 6.07) is 11.8. The molecule has 0 saturated heterocycles. The minimum absolute atomic E-state index is 0.0807. The number of benzene rings is 2. The van der Waals surface area contributed by atoms with E-state index in [-0.39, 0.29) is 18.5 Å². The van der Waals surface area contributed by atoms with E-state index in [0.29, 0.717) is 36.5 Å². The molecule has 182 valence electrons. The molecule has 2 aliphatic rings. The van der Waals surface area contributed by atoms with Crippen molar-refractivity contribution in [2.45, 2.75) is 31.0 Å². The lowest BCUT2D eigenvalue weighted by molar-refractivity contribution is -0.0456. The quantitative estimate of drug-likeness (QED) is 0.356.